The molecule has 2 aromatic rings. The maximum atomic E-state index is 5.99. The number of nitrogens with zero attached hydrogens (tertiary/aromatic N) is 2. The fourth-order valence-electron chi connectivity index (χ4n) is 4.10. The Hall–Kier alpha value is -2.11. The van der Waals surface area contributed by atoms with Gasteiger partial charge in [0.2, 0.25) is 0 Å². The molecule has 2 aliphatic rings. The Morgan fingerprint density at radius 3 is 2.79 bits per heavy atom. The molecular weight excluding hydrogens is 350 g/mol. The van der Waals surface area contributed by atoms with E-state index in [0.29, 0.717) is 0 Å². The average Bonchev–Trinajstić information content (AvgIpc) is 3.28. The van der Waals surface area contributed by atoms with Crippen molar-refractivity contribution in [3.63, 3.8) is 0 Å². The van der Waals surface area contributed by atoms with E-state index in [0.717, 1.165) is 64.6 Å². The van der Waals surface area contributed by atoms with Gasteiger partial charge in [0.25, 0.3) is 0 Å². The first kappa shape index (κ1) is 19.2. The van der Waals surface area contributed by atoms with Crippen LogP contribution < -0.4 is 5.32 Å². The lowest BCUT2D eigenvalue weighted by Gasteiger charge is -2.37. The highest BCUT2D eigenvalue weighted by atomic mass is 16.5. The fourth-order valence-corrected chi connectivity index (χ4v) is 4.10. The Bertz CT molecular complexity index is 801. The molecule has 2 aromatic carbocycles. The lowest BCUT2D eigenvalue weighted by atomic mass is 10.1. The predicted octanol–water partition coefficient (Wildman–Crippen LogP) is 3.23. The van der Waals surface area contributed by atoms with Crippen molar-refractivity contribution in [2.45, 2.75) is 38.4 Å². The molecule has 5 nitrogen and oxygen atoms in total. The molecule has 0 aliphatic carbocycles. The second-order valence-corrected chi connectivity index (χ2v) is 7.57. The summed E-state index contributed by atoms with van der Waals surface area (Å²) in [5, 5.41) is 6.04. The third kappa shape index (κ3) is 4.65. The number of fused-ring (bicyclic) bond motifs is 1. The number of rotatable bonds is 5. The Kier molecular flexibility index (Phi) is 6.45. The van der Waals surface area contributed by atoms with Crippen molar-refractivity contribution in [1.29, 1.82) is 0 Å². The van der Waals surface area contributed by atoms with Crippen LogP contribution in [0.25, 0.3) is 10.8 Å². The maximum Gasteiger partial charge on any atom is 0.194 e. The number of guanidine groups is 1. The van der Waals surface area contributed by atoms with Crippen molar-refractivity contribution < 1.29 is 9.47 Å². The van der Waals surface area contributed by atoms with Gasteiger partial charge in [-0.2, -0.15) is 0 Å². The number of ether oxygens (including phenoxy) is 2. The van der Waals surface area contributed by atoms with E-state index in [4.69, 9.17) is 14.5 Å². The molecule has 2 saturated heterocycles. The number of morpholine rings is 1. The summed E-state index contributed by atoms with van der Waals surface area (Å²) in [7, 11) is 0. The lowest BCUT2D eigenvalue weighted by Crippen LogP contribution is -2.53. The number of nitrogens with one attached hydrogen (secondary N) is 1. The topological polar surface area (TPSA) is 46.1 Å². The molecule has 28 heavy (non-hydrogen) atoms. The van der Waals surface area contributed by atoms with Crippen LogP contribution in [0.15, 0.2) is 47.5 Å². The van der Waals surface area contributed by atoms with Crippen LogP contribution in [0.4, 0.5) is 0 Å². The van der Waals surface area contributed by atoms with E-state index < -0.39 is 0 Å². The molecule has 2 unspecified atom stereocenters. The van der Waals surface area contributed by atoms with Crippen LogP contribution in [0.3, 0.4) is 0 Å². The van der Waals surface area contributed by atoms with Gasteiger partial charge in [-0.1, -0.05) is 42.5 Å². The molecule has 0 spiro atoms. The minimum Gasteiger partial charge on any atom is -0.375 e. The van der Waals surface area contributed by atoms with E-state index in [1.54, 1.807) is 0 Å². The van der Waals surface area contributed by atoms with E-state index in [9.17, 15) is 0 Å². The van der Waals surface area contributed by atoms with Crippen LogP contribution in [0.5, 0.6) is 0 Å². The summed E-state index contributed by atoms with van der Waals surface area (Å²) in [5.41, 5.74) is 1.33. The zero-order valence-corrected chi connectivity index (χ0v) is 16.8. The zero-order chi connectivity index (χ0) is 19.2. The molecule has 2 atom stereocenters. The quantitative estimate of drug-likeness (QED) is 0.638. The Labute approximate surface area is 167 Å². The van der Waals surface area contributed by atoms with Gasteiger partial charge in [-0.3, -0.25) is 4.99 Å². The third-order valence-corrected chi connectivity index (χ3v) is 5.58. The van der Waals surface area contributed by atoms with E-state index in [2.05, 4.69) is 59.6 Å². The summed E-state index contributed by atoms with van der Waals surface area (Å²) in [6.45, 7) is 7.11. The molecule has 2 aliphatic heterocycles. The standard InChI is InChI=1S/C23H31N3O2/c1-2-24-23(26-13-15-28-22(17-26)21-8-5-14-27-21)25-12-11-18-9-10-19-6-3-4-7-20(19)16-18/h3-4,6-7,9-10,16,21-22H,2,5,8,11-15,17H2,1H3,(H,24,25). The first-order valence-electron chi connectivity index (χ1n) is 10.6. The smallest absolute Gasteiger partial charge is 0.194 e. The number of hydrogen-bond donors (Lipinski definition) is 1. The van der Waals surface area contributed by atoms with E-state index >= 15 is 0 Å². The third-order valence-electron chi connectivity index (χ3n) is 5.58. The molecule has 150 valence electrons. The highest BCUT2D eigenvalue weighted by molar-refractivity contribution is 5.83. The van der Waals surface area contributed by atoms with Crippen LogP contribution in [0.1, 0.15) is 25.3 Å². The Morgan fingerprint density at radius 2 is 1.96 bits per heavy atom. The van der Waals surface area contributed by atoms with E-state index in [-0.39, 0.29) is 12.2 Å². The van der Waals surface area contributed by atoms with Crippen LogP contribution in [-0.2, 0) is 15.9 Å². The summed E-state index contributed by atoms with van der Waals surface area (Å²) < 4.78 is 11.8. The maximum absolute atomic E-state index is 5.99. The van der Waals surface area contributed by atoms with Gasteiger partial charge >= 0.3 is 0 Å². The normalized spacial score (nSPS) is 23.3. The van der Waals surface area contributed by atoms with Crippen molar-refractivity contribution in [2.75, 3.05) is 39.4 Å². The van der Waals surface area contributed by atoms with Crippen molar-refractivity contribution in [2.24, 2.45) is 4.99 Å². The van der Waals surface area contributed by atoms with Crippen LogP contribution in [-0.4, -0.2) is 62.5 Å². The summed E-state index contributed by atoms with van der Waals surface area (Å²) in [4.78, 5) is 7.24. The summed E-state index contributed by atoms with van der Waals surface area (Å²) >= 11 is 0. The molecule has 0 saturated carbocycles. The van der Waals surface area contributed by atoms with Crippen molar-refractivity contribution >= 4 is 16.7 Å². The van der Waals surface area contributed by atoms with Crippen molar-refractivity contribution in [1.82, 2.24) is 10.2 Å². The molecule has 0 amide bonds. The molecule has 1 N–H and O–H groups in total. The van der Waals surface area contributed by atoms with Crippen molar-refractivity contribution in [3.8, 4) is 0 Å². The van der Waals surface area contributed by atoms with Crippen LogP contribution >= 0.6 is 0 Å². The summed E-state index contributed by atoms with van der Waals surface area (Å²) in [6.07, 6.45) is 3.58. The van der Waals surface area contributed by atoms with Gasteiger partial charge in [0.15, 0.2) is 5.96 Å². The molecular formula is C23H31N3O2. The van der Waals surface area contributed by atoms with Gasteiger partial charge in [0.05, 0.1) is 12.7 Å². The van der Waals surface area contributed by atoms with Gasteiger partial charge in [-0.05, 0) is 42.5 Å². The number of aliphatic imine (C=N–C) groups is 1. The van der Waals surface area contributed by atoms with Gasteiger partial charge in [0, 0.05) is 32.8 Å². The molecule has 2 heterocycles. The Morgan fingerprint density at radius 1 is 1.11 bits per heavy atom. The minimum atomic E-state index is 0.153. The SMILES string of the molecule is CCNC(=NCCc1ccc2ccccc2c1)N1CCOC(C2CCCO2)C1. The van der Waals surface area contributed by atoms with Gasteiger partial charge < -0.3 is 19.7 Å². The molecule has 2 fully saturated rings. The predicted molar refractivity (Wildman–Crippen MR) is 114 cm³/mol. The summed E-state index contributed by atoms with van der Waals surface area (Å²) in [6, 6.07) is 15.2. The Balaban J connectivity index is 1.39. The average molecular weight is 382 g/mol. The molecule has 0 aromatic heterocycles. The van der Waals surface area contributed by atoms with Gasteiger partial charge in [-0.15, -0.1) is 0 Å². The first-order chi connectivity index (χ1) is 13.8. The molecule has 0 bridgehead atoms. The second kappa shape index (κ2) is 9.39. The van der Waals surface area contributed by atoms with Gasteiger partial charge in [0.1, 0.15) is 6.10 Å². The largest absolute Gasteiger partial charge is 0.375 e. The fraction of sp³-hybridized carbons (Fsp3) is 0.522. The highest BCUT2D eigenvalue weighted by Gasteiger charge is 2.32. The van der Waals surface area contributed by atoms with E-state index in [1.807, 2.05) is 0 Å². The van der Waals surface area contributed by atoms with Crippen LogP contribution in [0, 0.1) is 0 Å². The van der Waals surface area contributed by atoms with E-state index in [1.165, 1.54) is 16.3 Å². The number of benzene rings is 2. The monoisotopic (exact) mass is 381 g/mol. The molecule has 0 radical (unpaired) electrons. The minimum absolute atomic E-state index is 0.153. The lowest BCUT2D eigenvalue weighted by molar-refractivity contribution is -0.0817. The molecule has 5 heteroatoms. The van der Waals surface area contributed by atoms with Gasteiger partial charge in [-0.25, -0.2) is 0 Å². The molecule has 4 rings (SSSR count). The van der Waals surface area contributed by atoms with Crippen LogP contribution in [0.2, 0.25) is 0 Å². The first-order valence-corrected chi connectivity index (χ1v) is 10.6. The highest BCUT2D eigenvalue weighted by Crippen LogP contribution is 2.21. The van der Waals surface area contributed by atoms with Crippen molar-refractivity contribution in [3.05, 3.63) is 48.0 Å². The second-order valence-electron chi connectivity index (χ2n) is 7.57. The summed E-state index contributed by atoms with van der Waals surface area (Å²) in [5.74, 6) is 0.995. The zero-order valence-electron chi connectivity index (χ0n) is 16.8. The number of hydrogen-bond acceptors (Lipinski definition) is 3.